The minimum atomic E-state index is -1.48. The first kappa shape index (κ1) is 33.0. The lowest BCUT2D eigenvalue weighted by Gasteiger charge is -2.31. The highest BCUT2D eigenvalue weighted by molar-refractivity contribution is 6.01. The Morgan fingerprint density at radius 3 is 2.45 bits per heavy atom. The zero-order valence-corrected chi connectivity index (χ0v) is 26.2. The zero-order chi connectivity index (χ0) is 32.9. The van der Waals surface area contributed by atoms with Gasteiger partial charge in [-0.05, 0) is 65.9 Å². The van der Waals surface area contributed by atoms with E-state index in [2.05, 4.69) is 20.9 Å². The minimum Gasteiger partial charge on any atom is -0.494 e. The lowest BCUT2D eigenvalue weighted by molar-refractivity contribution is -0.130. The molecular weight excluding hydrogens is 596 g/mol. The maximum atomic E-state index is 14.5. The number of hydrogen-bond donors (Lipinski definition) is 3. The summed E-state index contributed by atoms with van der Waals surface area (Å²) in [5.41, 5.74) is 17.3. The molecule has 3 N–H and O–H groups in total. The Balaban J connectivity index is 1.49. The molecule has 0 saturated carbocycles. The molecule has 0 saturated heterocycles. The zero-order valence-electron chi connectivity index (χ0n) is 26.2. The molecule has 1 aliphatic rings. The maximum Gasteiger partial charge on any atom is 0.266 e. The Labute approximate surface area is 273 Å². The van der Waals surface area contributed by atoms with Crippen LogP contribution in [0.2, 0.25) is 0 Å². The molecule has 11 nitrogen and oxygen atoms in total. The Morgan fingerprint density at radius 2 is 1.70 bits per heavy atom. The summed E-state index contributed by atoms with van der Waals surface area (Å²) in [5.74, 6) is 1.34. The highest BCUT2D eigenvalue weighted by Gasteiger charge is 2.53. The van der Waals surface area contributed by atoms with E-state index in [4.69, 9.17) is 24.3 Å². The van der Waals surface area contributed by atoms with Gasteiger partial charge in [0.15, 0.2) is 11.6 Å². The number of rotatable bonds is 16. The van der Waals surface area contributed by atoms with Gasteiger partial charge in [-0.15, -0.1) is 0 Å². The van der Waals surface area contributed by atoms with Crippen LogP contribution < -0.4 is 20.3 Å². The van der Waals surface area contributed by atoms with Gasteiger partial charge >= 0.3 is 0 Å². The van der Waals surface area contributed by atoms with Crippen LogP contribution in [-0.4, -0.2) is 48.8 Å². The number of carbonyl (C=O) groups excluding carboxylic acids is 1. The summed E-state index contributed by atoms with van der Waals surface area (Å²) in [4.78, 5) is 22.5. The lowest BCUT2D eigenvalue weighted by Crippen LogP contribution is -2.54. The summed E-state index contributed by atoms with van der Waals surface area (Å²) in [6.07, 6.45) is 0.425. The van der Waals surface area contributed by atoms with E-state index in [1.807, 2.05) is 85.8 Å². The van der Waals surface area contributed by atoms with Gasteiger partial charge in [-0.1, -0.05) is 77.9 Å². The molecule has 5 rings (SSSR count). The number of benzene rings is 4. The van der Waals surface area contributed by atoms with Crippen molar-refractivity contribution in [3.05, 3.63) is 136 Å². The van der Waals surface area contributed by atoms with Crippen LogP contribution in [0.15, 0.2) is 113 Å². The Hall–Kier alpha value is -5.35. The monoisotopic (exact) mass is 634 g/mol. The van der Waals surface area contributed by atoms with Crippen LogP contribution in [0, 0.1) is 0 Å². The van der Waals surface area contributed by atoms with Crippen molar-refractivity contribution in [1.29, 1.82) is 0 Å². The number of aliphatic hydroxyl groups is 1. The average molecular weight is 635 g/mol. The quantitative estimate of drug-likeness (QED) is 0.0442. The number of hydrazine groups is 1. The summed E-state index contributed by atoms with van der Waals surface area (Å²) < 4.78 is 18.0. The summed E-state index contributed by atoms with van der Waals surface area (Å²) in [7, 11) is 0. The molecule has 4 aromatic rings. The van der Waals surface area contributed by atoms with E-state index in [0.29, 0.717) is 61.1 Å². The molecule has 11 heteroatoms. The number of azide groups is 1. The first-order valence-electron chi connectivity index (χ1n) is 15.6. The van der Waals surface area contributed by atoms with Crippen molar-refractivity contribution < 1.29 is 24.1 Å². The molecule has 47 heavy (non-hydrogen) atoms. The van der Waals surface area contributed by atoms with Gasteiger partial charge in [-0.25, -0.2) is 10.4 Å². The van der Waals surface area contributed by atoms with Gasteiger partial charge in [0.25, 0.3) is 5.91 Å². The number of nitrogens with one attached hydrogen (secondary N) is 2. The average Bonchev–Trinajstić information content (AvgIpc) is 3.49. The molecule has 4 aromatic carbocycles. The summed E-state index contributed by atoms with van der Waals surface area (Å²) in [6.45, 7) is 3.37. The van der Waals surface area contributed by atoms with Crippen molar-refractivity contribution in [2.75, 3.05) is 26.4 Å². The fourth-order valence-corrected chi connectivity index (χ4v) is 5.46. The van der Waals surface area contributed by atoms with Crippen LogP contribution >= 0.6 is 0 Å². The van der Waals surface area contributed by atoms with E-state index in [9.17, 15) is 10.3 Å². The number of carbonyl (C=O) groups is 1. The Morgan fingerprint density at radius 1 is 0.979 bits per heavy atom. The third-order valence-corrected chi connectivity index (χ3v) is 7.73. The third kappa shape index (κ3) is 8.09. The molecule has 1 aliphatic heterocycles. The second-order valence-electron chi connectivity index (χ2n) is 10.9. The molecule has 2 atom stereocenters. The number of para-hydroxylation sites is 1. The predicted octanol–water partition coefficient (Wildman–Crippen LogP) is 6.15. The number of aliphatic imine (C=N–C) groups is 1. The summed E-state index contributed by atoms with van der Waals surface area (Å²) in [6, 6.07) is 31.7. The van der Waals surface area contributed by atoms with Crippen molar-refractivity contribution in [2.45, 2.75) is 37.8 Å². The van der Waals surface area contributed by atoms with E-state index in [0.717, 1.165) is 16.9 Å². The molecule has 0 aromatic heterocycles. The summed E-state index contributed by atoms with van der Waals surface area (Å²) >= 11 is 0. The molecule has 0 spiro atoms. The molecule has 1 heterocycles. The van der Waals surface area contributed by atoms with Crippen LogP contribution in [0.25, 0.3) is 10.4 Å². The van der Waals surface area contributed by atoms with Gasteiger partial charge in [0.1, 0.15) is 11.5 Å². The maximum absolute atomic E-state index is 14.5. The smallest absolute Gasteiger partial charge is 0.266 e. The fraction of sp³-hybridized carbons (Fsp3) is 0.278. The number of amides is 1. The SMILES string of the molecule is CCOc1ccccc1CCNNC(=O)[C@@]1(Cc2ccccc2N=[N+]=[N-])N=C(c2ccc(OCCCO)cc2)O[C@H]1c1ccccc1. The molecule has 0 aliphatic carbocycles. The molecule has 0 fully saturated rings. The minimum absolute atomic E-state index is 0.0476. The van der Waals surface area contributed by atoms with Gasteiger partial charge in [0.2, 0.25) is 5.90 Å². The Bertz CT molecular complexity index is 1710. The standard InChI is InChI=1S/C36H38N6O5/c1-2-45-32-16-9-7-11-26(32)21-22-38-41-35(44)36(25-29-14-6-8-15-31(29)40-42-37)33(27-12-4-3-5-13-27)47-34(39-36)28-17-19-30(20-18-28)46-24-10-23-43/h3-9,11-20,33,38,43H,2,10,21-25H2,1H3,(H,41,44)/t33-,36-/m0/s1. The molecule has 0 radical (unpaired) electrons. The Kier molecular flexibility index (Phi) is 11.4. The van der Waals surface area contributed by atoms with Crippen LogP contribution in [0.4, 0.5) is 5.69 Å². The molecule has 0 bridgehead atoms. The summed E-state index contributed by atoms with van der Waals surface area (Å²) in [5, 5.41) is 13.0. The van der Waals surface area contributed by atoms with Crippen LogP contribution in [-0.2, 0) is 22.4 Å². The largest absolute Gasteiger partial charge is 0.494 e. The topological polar surface area (TPSA) is 150 Å². The first-order chi connectivity index (χ1) is 23.1. The van der Waals surface area contributed by atoms with Gasteiger partial charge < -0.3 is 19.3 Å². The molecular formula is C36H38N6O5. The van der Waals surface area contributed by atoms with E-state index in [1.165, 1.54) is 0 Å². The number of aliphatic hydroxyl groups excluding tert-OH is 1. The third-order valence-electron chi connectivity index (χ3n) is 7.73. The van der Waals surface area contributed by atoms with Gasteiger partial charge in [0, 0.05) is 42.2 Å². The van der Waals surface area contributed by atoms with Crippen LogP contribution in [0.1, 0.15) is 41.7 Å². The molecule has 0 unspecified atom stereocenters. The van der Waals surface area contributed by atoms with E-state index >= 15 is 0 Å². The van der Waals surface area contributed by atoms with Crippen molar-refractivity contribution >= 4 is 17.5 Å². The fourth-order valence-electron chi connectivity index (χ4n) is 5.46. The number of ether oxygens (including phenoxy) is 3. The van der Waals surface area contributed by atoms with Crippen LogP contribution in [0.5, 0.6) is 11.5 Å². The first-order valence-corrected chi connectivity index (χ1v) is 15.6. The number of nitrogens with zero attached hydrogens (tertiary/aromatic N) is 4. The van der Waals surface area contributed by atoms with Gasteiger partial charge in [0.05, 0.1) is 13.2 Å². The van der Waals surface area contributed by atoms with Crippen molar-refractivity contribution in [2.24, 2.45) is 10.1 Å². The van der Waals surface area contributed by atoms with Crippen molar-refractivity contribution in [3.63, 3.8) is 0 Å². The van der Waals surface area contributed by atoms with Crippen molar-refractivity contribution in [1.82, 2.24) is 10.9 Å². The second-order valence-corrected chi connectivity index (χ2v) is 10.9. The highest BCUT2D eigenvalue weighted by Crippen LogP contribution is 2.43. The van der Waals surface area contributed by atoms with E-state index in [-0.39, 0.29) is 13.0 Å². The van der Waals surface area contributed by atoms with E-state index in [1.54, 1.807) is 24.3 Å². The predicted molar refractivity (Wildman–Crippen MR) is 180 cm³/mol. The second kappa shape index (κ2) is 16.3. The lowest BCUT2D eigenvalue weighted by atomic mass is 9.81. The van der Waals surface area contributed by atoms with Gasteiger partial charge in [-0.2, -0.15) is 0 Å². The normalized spacial score (nSPS) is 16.8. The van der Waals surface area contributed by atoms with Gasteiger partial charge in [-0.3, -0.25) is 10.2 Å². The van der Waals surface area contributed by atoms with E-state index < -0.39 is 17.6 Å². The molecule has 242 valence electrons. The highest BCUT2D eigenvalue weighted by atomic mass is 16.5. The number of hydrogen-bond acceptors (Lipinski definition) is 8. The van der Waals surface area contributed by atoms with Crippen LogP contribution in [0.3, 0.4) is 0 Å². The molecule has 1 amide bonds. The van der Waals surface area contributed by atoms with Crippen molar-refractivity contribution in [3.8, 4) is 11.5 Å².